The minimum atomic E-state index is 0.347. The summed E-state index contributed by atoms with van der Waals surface area (Å²) in [6.07, 6.45) is 23.9. The molecule has 0 heterocycles. The fraction of sp³-hybridized carbons (Fsp3) is 1.00. The second kappa shape index (κ2) is 7.76. The third kappa shape index (κ3) is 3.99. The number of unbranched alkanes of at least 4 members (excludes halogenated alkanes) is 1. The third-order valence-corrected chi connectivity index (χ3v) is 11.5. The van der Waals surface area contributed by atoms with E-state index in [2.05, 4.69) is 6.92 Å². The summed E-state index contributed by atoms with van der Waals surface area (Å²) in [6, 6.07) is 0. The first-order valence-electron chi connectivity index (χ1n) is 11.1. The van der Waals surface area contributed by atoms with Gasteiger partial charge >= 0.3 is 0 Å². The van der Waals surface area contributed by atoms with E-state index in [-0.39, 0.29) is 0 Å². The van der Waals surface area contributed by atoms with Crippen molar-refractivity contribution in [1.29, 1.82) is 0 Å². The predicted octanol–water partition coefficient (Wildman–Crippen LogP) is 7.21. The van der Waals surface area contributed by atoms with Gasteiger partial charge in [0.1, 0.15) is 0 Å². The molecule has 4 aliphatic rings. The van der Waals surface area contributed by atoms with Gasteiger partial charge in [0.2, 0.25) is 0 Å². The van der Waals surface area contributed by atoms with Crippen LogP contribution in [0.1, 0.15) is 96.8 Å². The van der Waals surface area contributed by atoms with Crippen LogP contribution in [0.3, 0.4) is 0 Å². The molecular weight excluding hydrogens is 295 g/mol. The summed E-state index contributed by atoms with van der Waals surface area (Å²) in [4.78, 5) is 0. The smallest absolute Gasteiger partial charge is 0.0201 e. The maximum Gasteiger partial charge on any atom is -0.0201 e. The van der Waals surface area contributed by atoms with E-state index >= 15 is 0 Å². The molecule has 0 radical (unpaired) electrons. The highest BCUT2D eigenvalue weighted by atomic mass is 31.1. The second-order valence-corrected chi connectivity index (χ2v) is 12.6. The van der Waals surface area contributed by atoms with Gasteiger partial charge in [0.05, 0.1) is 0 Å². The summed E-state index contributed by atoms with van der Waals surface area (Å²) in [5.74, 6) is 4.56. The fourth-order valence-corrected chi connectivity index (χ4v) is 11.2. The van der Waals surface area contributed by atoms with Crippen molar-refractivity contribution in [3.63, 3.8) is 0 Å². The van der Waals surface area contributed by atoms with Crippen molar-refractivity contribution >= 4 is 7.92 Å². The van der Waals surface area contributed by atoms with Crippen molar-refractivity contribution in [2.24, 2.45) is 23.7 Å². The van der Waals surface area contributed by atoms with Crippen LogP contribution in [0.25, 0.3) is 0 Å². The maximum absolute atomic E-state index is 2.42. The van der Waals surface area contributed by atoms with E-state index in [1.54, 1.807) is 83.2 Å². The summed E-state index contributed by atoms with van der Waals surface area (Å²) in [7, 11) is 0.347. The Bertz CT molecular complexity index is 322. The SMILES string of the molecule is CCCCP(C1CC2CCCC(C2)C1)C1CC2CCCC(C2)C1. The predicted molar refractivity (Wildman–Crippen MR) is 104 cm³/mol. The minimum absolute atomic E-state index is 0.347. The number of rotatable bonds is 5. The molecule has 132 valence electrons. The van der Waals surface area contributed by atoms with Crippen LogP contribution in [0.5, 0.6) is 0 Å². The van der Waals surface area contributed by atoms with Gasteiger partial charge in [0.15, 0.2) is 0 Å². The maximum atomic E-state index is 2.42. The van der Waals surface area contributed by atoms with Gasteiger partial charge in [0.25, 0.3) is 0 Å². The molecule has 4 fully saturated rings. The van der Waals surface area contributed by atoms with Crippen LogP contribution in [0.15, 0.2) is 0 Å². The molecule has 0 aliphatic heterocycles. The van der Waals surface area contributed by atoms with Crippen LogP contribution in [0, 0.1) is 23.7 Å². The van der Waals surface area contributed by atoms with Gasteiger partial charge in [-0.05, 0) is 86.1 Å². The molecule has 4 bridgehead atoms. The number of hydrogen-bond acceptors (Lipinski definition) is 0. The summed E-state index contributed by atoms with van der Waals surface area (Å²) < 4.78 is 0. The van der Waals surface area contributed by atoms with E-state index < -0.39 is 0 Å². The zero-order chi connectivity index (χ0) is 15.6. The molecule has 0 N–H and O–H groups in total. The molecule has 4 atom stereocenters. The van der Waals surface area contributed by atoms with Gasteiger partial charge < -0.3 is 0 Å². The van der Waals surface area contributed by atoms with Crippen molar-refractivity contribution in [1.82, 2.24) is 0 Å². The van der Waals surface area contributed by atoms with Crippen molar-refractivity contribution < 1.29 is 0 Å². The first-order chi connectivity index (χ1) is 11.3. The molecular formula is C22H39P. The lowest BCUT2D eigenvalue weighted by Crippen LogP contribution is -2.35. The molecule has 23 heavy (non-hydrogen) atoms. The fourth-order valence-electron chi connectivity index (χ4n) is 6.94. The lowest BCUT2D eigenvalue weighted by atomic mass is 9.72. The van der Waals surface area contributed by atoms with E-state index in [0.717, 1.165) is 23.7 Å². The van der Waals surface area contributed by atoms with Crippen molar-refractivity contribution in [3.8, 4) is 0 Å². The van der Waals surface area contributed by atoms with Gasteiger partial charge in [-0.3, -0.25) is 0 Å². The van der Waals surface area contributed by atoms with Gasteiger partial charge in [0, 0.05) is 0 Å². The van der Waals surface area contributed by atoms with Crippen LogP contribution < -0.4 is 0 Å². The molecule has 0 aromatic carbocycles. The van der Waals surface area contributed by atoms with Crippen molar-refractivity contribution in [2.75, 3.05) is 6.16 Å². The van der Waals surface area contributed by atoms with Crippen LogP contribution in [-0.2, 0) is 0 Å². The standard InChI is InChI=1S/C22H39P/c1-2-3-10-23(21-13-17-6-4-7-18(11-17)14-21)22-15-19-8-5-9-20(12-19)16-22/h17-22H,2-16H2,1H3. The van der Waals surface area contributed by atoms with E-state index in [1.165, 1.54) is 24.2 Å². The monoisotopic (exact) mass is 334 g/mol. The average Bonchev–Trinajstić information content (AvgIpc) is 2.55. The topological polar surface area (TPSA) is 0 Å². The molecule has 0 nitrogen and oxygen atoms in total. The Balaban J connectivity index is 1.45. The van der Waals surface area contributed by atoms with Gasteiger partial charge in [-0.25, -0.2) is 0 Å². The highest BCUT2D eigenvalue weighted by Gasteiger charge is 2.41. The largest absolute Gasteiger partial charge is 0.100 e. The molecule has 0 spiro atoms. The first kappa shape index (κ1) is 16.9. The average molecular weight is 335 g/mol. The summed E-state index contributed by atoms with van der Waals surface area (Å²) in [6.45, 7) is 2.42. The Kier molecular flexibility index (Phi) is 5.69. The van der Waals surface area contributed by atoms with Crippen LogP contribution in [-0.4, -0.2) is 17.5 Å². The zero-order valence-corrected chi connectivity index (χ0v) is 16.4. The van der Waals surface area contributed by atoms with Crippen LogP contribution >= 0.6 is 7.92 Å². The zero-order valence-electron chi connectivity index (χ0n) is 15.5. The van der Waals surface area contributed by atoms with E-state index in [9.17, 15) is 0 Å². The summed E-state index contributed by atoms with van der Waals surface area (Å²) in [5, 5.41) is 0. The molecule has 4 aliphatic carbocycles. The molecule has 4 unspecified atom stereocenters. The molecule has 0 aromatic heterocycles. The normalized spacial score (nSPS) is 44.7. The van der Waals surface area contributed by atoms with Crippen molar-refractivity contribution in [3.05, 3.63) is 0 Å². The minimum Gasteiger partial charge on any atom is -0.100 e. The van der Waals surface area contributed by atoms with E-state index in [4.69, 9.17) is 0 Å². The molecule has 0 saturated heterocycles. The van der Waals surface area contributed by atoms with Gasteiger partial charge in [-0.2, -0.15) is 0 Å². The Labute approximate surface area is 146 Å². The summed E-state index contributed by atoms with van der Waals surface area (Å²) in [5.41, 5.74) is 2.37. The number of hydrogen-bond donors (Lipinski definition) is 0. The molecule has 0 aromatic rings. The number of fused-ring (bicyclic) bond motifs is 4. The second-order valence-electron chi connectivity index (χ2n) is 9.64. The van der Waals surface area contributed by atoms with Crippen molar-refractivity contribution in [2.45, 2.75) is 108 Å². The molecule has 0 amide bonds. The van der Waals surface area contributed by atoms with Crippen LogP contribution in [0.4, 0.5) is 0 Å². The van der Waals surface area contributed by atoms with Gasteiger partial charge in [-0.15, -0.1) is 7.92 Å². The van der Waals surface area contributed by atoms with E-state index in [1.807, 2.05) is 0 Å². The molecule has 4 saturated carbocycles. The quantitative estimate of drug-likeness (QED) is 0.466. The lowest BCUT2D eigenvalue weighted by molar-refractivity contribution is 0.184. The summed E-state index contributed by atoms with van der Waals surface area (Å²) >= 11 is 0. The lowest BCUT2D eigenvalue weighted by Gasteiger charge is -2.48. The van der Waals surface area contributed by atoms with E-state index in [0.29, 0.717) is 7.92 Å². The highest BCUT2D eigenvalue weighted by Crippen LogP contribution is 2.61. The molecule has 4 rings (SSSR count). The highest BCUT2D eigenvalue weighted by molar-refractivity contribution is 7.59. The van der Waals surface area contributed by atoms with Crippen LogP contribution in [0.2, 0.25) is 0 Å². The molecule has 1 heteroatoms. The Morgan fingerprint density at radius 3 is 1.48 bits per heavy atom. The Hall–Kier alpha value is 0.430. The van der Waals surface area contributed by atoms with Gasteiger partial charge in [-0.1, -0.05) is 51.9 Å². The first-order valence-corrected chi connectivity index (χ1v) is 12.7. The Morgan fingerprint density at radius 1 is 0.652 bits per heavy atom. The Morgan fingerprint density at radius 2 is 1.09 bits per heavy atom. The third-order valence-electron chi connectivity index (χ3n) is 7.91.